The molecule has 0 atom stereocenters. The molecule has 6 rings (SSSR count). The molecule has 0 unspecified atom stereocenters. The van der Waals surface area contributed by atoms with Crippen LogP contribution in [0, 0.1) is 11.3 Å². The summed E-state index contributed by atoms with van der Waals surface area (Å²) in [4.78, 5) is 4.84. The SMILES string of the molecule is CCCCn1c(-c2ccccc2)nc(C#N)c1C[N+](C)(c1ccc2c(c1)OCO2)c1ccc2c(c1)OCO2. The van der Waals surface area contributed by atoms with Crippen molar-refractivity contribution in [2.24, 2.45) is 0 Å². The lowest BCUT2D eigenvalue weighted by Gasteiger charge is -2.34. The maximum absolute atomic E-state index is 10.2. The summed E-state index contributed by atoms with van der Waals surface area (Å²) in [6.45, 7) is 3.84. The van der Waals surface area contributed by atoms with Crippen molar-refractivity contribution in [1.82, 2.24) is 14.0 Å². The number of aromatic nitrogens is 2. The Morgan fingerprint density at radius 3 is 2.05 bits per heavy atom. The highest BCUT2D eigenvalue weighted by Crippen LogP contribution is 2.45. The van der Waals surface area contributed by atoms with Gasteiger partial charge < -0.3 is 23.5 Å². The summed E-state index contributed by atoms with van der Waals surface area (Å²) < 4.78 is 25.2. The maximum atomic E-state index is 10.2. The number of ether oxygens (including phenoxy) is 4. The molecule has 8 heteroatoms. The molecule has 0 fully saturated rings. The minimum Gasteiger partial charge on any atom is -0.454 e. The van der Waals surface area contributed by atoms with Crippen LogP contribution in [0.5, 0.6) is 23.0 Å². The maximum Gasteiger partial charge on any atom is 0.231 e. The summed E-state index contributed by atoms with van der Waals surface area (Å²) >= 11 is 0. The average molecular weight is 510 g/mol. The van der Waals surface area contributed by atoms with Gasteiger partial charge >= 0.3 is 0 Å². The molecule has 0 spiro atoms. The Morgan fingerprint density at radius 2 is 1.47 bits per heavy atom. The third kappa shape index (κ3) is 4.11. The zero-order valence-corrected chi connectivity index (χ0v) is 21.5. The molecule has 3 aromatic carbocycles. The highest BCUT2D eigenvalue weighted by Gasteiger charge is 2.36. The van der Waals surface area contributed by atoms with Gasteiger partial charge in [-0.05, 0) is 18.6 Å². The lowest BCUT2D eigenvalue weighted by molar-refractivity contribution is 0.173. The molecule has 2 aliphatic heterocycles. The van der Waals surface area contributed by atoms with Crippen LogP contribution in [-0.2, 0) is 13.1 Å². The van der Waals surface area contributed by atoms with Crippen molar-refractivity contribution in [2.75, 3.05) is 20.6 Å². The largest absolute Gasteiger partial charge is 0.454 e. The fraction of sp³-hybridized carbons (Fsp3) is 0.267. The first-order valence-electron chi connectivity index (χ1n) is 12.8. The van der Waals surface area contributed by atoms with E-state index in [1.165, 1.54) is 0 Å². The summed E-state index contributed by atoms with van der Waals surface area (Å²) in [6, 6.07) is 24.5. The van der Waals surface area contributed by atoms with Crippen LogP contribution in [0.2, 0.25) is 0 Å². The topological polar surface area (TPSA) is 78.5 Å². The van der Waals surface area contributed by atoms with E-state index in [4.69, 9.17) is 23.9 Å². The number of fused-ring (bicyclic) bond motifs is 2. The highest BCUT2D eigenvalue weighted by molar-refractivity contribution is 5.66. The van der Waals surface area contributed by atoms with Crippen molar-refractivity contribution < 1.29 is 18.9 Å². The number of quaternary nitrogens is 1. The Kier molecular flexibility index (Phi) is 6.14. The Morgan fingerprint density at radius 1 is 0.868 bits per heavy atom. The smallest absolute Gasteiger partial charge is 0.231 e. The van der Waals surface area contributed by atoms with Gasteiger partial charge in [-0.25, -0.2) is 4.98 Å². The van der Waals surface area contributed by atoms with Crippen LogP contribution in [0.4, 0.5) is 11.4 Å². The molecule has 4 aromatic rings. The zero-order chi connectivity index (χ0) is 26.1. The summed E-state index contributed by atoms with van der Waals surface area (Å²) in [7, 11) is 2.13. The first-order valence-corrected chi connectivity index (χ1v) is 12.8. The molecule has 0 amide bonds. The van der Waals surface area contributed by atoms with Gasteiger partial charge in [-0.15, -0.1) is 0 Å². The molecule has 0 aliphatic carbocycles. The average Bonchev–Trinajstić information content (AvgIpc) is 3.70. The van der Waals surface area contributed by atoms with Crippen molar-refractivity contribution in [3.63, 3.8) is 0 Å². The predicted molar refractivity (Wildman–Crippen MR) is 143 cm³/mol. The van der Waals surface area contributed by atoms with E-state index in [-0.39, 0.29) is 13.6 Å². The van der Waals surface area contributed by atoms with Crippen LogP contribution in [0.3, 0.4) is 0 Å². The van der Waals surface area contributed by atoms with Gasteiger partial charge in [0.15, 0.2) is 28.7 Å². The second-order valence-electron chi connectivity index (χ2n) is 9.64. The Hall–Kier alpha value is -4.48. The Bertz CT molecular complexity index is 1470. The molecule has 192 valence electrons. The van der Waals surface area contributed by atoms with E-state index in [2.05, 4.69) is 36.7 Å². The Balaban J connectivity index is 1.52. The van der Waals surface area contributed by atoms with Gasteiger partial charge in [-0.2, -0.15) is 5.26 Å². The van der Waals surface area contributed by atoms with Gasteiger partial charge in [0.05, 0.1) is 7.05 Å². The van der Waals surface area contributed by atoms with Gasteiger partial charge in [-0.1, -0.05) is 43.7 Å². The van der Waals surface area contributed by atoms with Gasteiger partial charge in [-0.3, -0.25) is 4.48 Å². The normalized spacial score (nSPS) is 13.5. The van der Waals surface area contributed by atoms with E-state index < -0.39 is 0 Å². The number of benzene rings is 3. The number of hydrogen-bond acceptors (Lipinski definition) is 6. The first kappa shape index (κ1) is 23.9. The molecule has 0 radical (unpaired) electrons. The number of nitrogens with zero attached hydrogens (tertiary/aromatic N) is 4. The van der Waals surface area contributed by atoms with E-state index >= 15 is 0 Å². The van der Waals surface area contributed by atoms with Crippen LogP contribution in [-0.4, -0.2) is 30.2 Å². The molecule has 3 heterocycles. The third-order valence-corrected chi connectivity index (χ3v) is 7.26. The molecular weight excluding hydrogens is 480 g/mol. The molecule has 2 aliphatic rings. The lowest BCUT2D eigenvalue weighted by atomic mass is 10.1. The third-order valence-electron chi connectivity index (χ3n) is 7.26. The van der Waals surface area contributed by atoms with Gasteiger partial charge in [0.25, 0.3) is 0 Å². The number of nitriles is 1. The molecule has 0 N–H and O–H groups in total. The van der Waals surface area contributed by atoms with E-state index in [0.717, 1.165) is 59.3 Å². The fourth-order valence-corrected chi connectivity index (χ4v) is 5.12. The van der Waals surface area contributed by atoms with Crippen LogP contribution in [0.25, 0.3) is 11.4 Å². The van der Waals surface area contributed by atoms with Crippen molar-refractivity contribution in [3.05, 3.63) is 78.1 Å². The summed E-state index contributed by atoms with van der Waals surface area (Å²) in [5.41, 5.74) is 4.29. The van der Waals surface area contributed by atoms with Crippen molar-refractivity contribution in [2.45, 2.75) is 32.9 Å². The summed E-state index contributed by atoms with van der Waals surface area (Å²) in [5.74, 6) is 3.68. The van der Waals surface area contributed by atoms with Crippen LogP contribution in [0.15, 0.2) is 66.7 Å². The minimum atomic E-state index is 0.204. The molecule has 1 aromatic heterocycles. The standard InChI is InChI=1S/C30H29N4O4/c1-3-4-14-33-25(24(17-31)32-30(33)21-8-6-5-7-9-21)18-34(2,22-10-12-26-28(15-22)37-19-35-26)23-11-13-27-29(16-23)38-20-36-27/h5-13,15-16H,3-4,14,18-20H2,1-2H3/q+1. The second-order valence-corrected chi connectivity index (χ2v) is 9.64. The quantitative estimate of drug-likeness (QED) is 0.265. The number of rotatable bonds is 8. The lowest BCUT2D eigenvalue weighted by Crippen LogP contribution is -2.40. The fourth-order valence-electron chi connectivity index (χ4n) is 5.12. The van der Waals surface area contributed by atoms with Crippen molar-refractivity contribution >= 4 is 11.4 Å². The highest BCUT2D eigenvalue weighted by atomic mass is 16.7. The zero-order valence-electron chi connectivity index (χ0n) is 21.5. The molecule has 0 saturated heterocycles. The number of unbranched alkanes of at least 4 members (excludes halogenated alkanes) is 1. The van der Waals surface area contributed by atoms with E-state index in [0.29, 0.717) is 28.2 Å². The molecule has 0 bridgehead atoms. The molecule has 38 heavy (non-hydrogen) atoms. The van der Waals surface area contributed by atoms with Crippen LogP contribution >= 0.6 is 0 Å². The van der Waals surface area contributed by atoms with Gasteiger partial charge in [0, 0.05) is 36.4 Å². The number of imidazole rings is 1. The van der Waals surface area contributed by atoms with Crippen LogP contribution < -0.4 is 23.4 Å². The van der Waals surface area contributed by atoms with Crippen molar-refractivity contribution in [3.8, 4) is 40.5 Å². The molecular formula is C30H29N4O4+. The van der Waals surface area contributed by atoms with E-state index in [9.17, 15) is 5.26 Å². The molecule has 8 nitrogen and oxygen atoms in total. The number of hydrogen-bond donors (Lipinski definition) is 0. The first-order chi connectivity index (χ1) is 18.6. The molecule has 0 saturated carbocycles. The van der Waals surface area contributed by atoms with Gasteiger partial charge in [0.1, 0.15) is 35.5 Å². The minimum absolute atomic E-state index is 0.204. The predicted octanol–water partition coefficient (Wildman–Crippen LogP) is 6.15. The Labute approximate surface area is 221 Å². The van der Waals surface area contributed by atoms with E-state index in [1.807, 2.05) is 54.6 Å². The van der Waals surface area contributed by atoms with Gasteiger partial charge in [0.2, 0.25) is 13.6 Å². The van der Waals surface area contributed by atoms with Crippen LogP contribution in [0.1, 0.15) is 31.2 Å². The summed E-state index contributed by atoms with van der Waals surface area (Å²) in [6.07, 6.45) is 2.01. The second kappa shape index (κ2) is 9.77. The monoisotopic (exact) mass is 509 g/mol. The van der Waals surface area contributed by atoms with Crippen molar-refractivity contribution in [1.29, 1.82) is 5.26 Å². The summed E-state index contributed by atoms with van der Waals surface area (Å²) in [5, 5.41) is 10.2. The van der Waals surface area contributed by atoms with E-state index in [1.54, 1.807) is 0 Å².